The summed E-state index contributed by atoms with van der Waals surface area (Å²) in [5.41, 5.74) is 4.90. The van der Waals surface area contributed by atoms with E-state index in [1.165, 1.54) is 16.7 Å². The van der Waals surface area contributed by atoms with Crippen LogP contribution in [-0.2, 0) is 12.8 Å². The number of aryl methyl sites for hydroxylation is 1. The summed E-state index contributed by atoms with van der Waals surface area (Å²) >= 11 is 0. The molecule has 1 heterocycles. The Morgan fingerprint density at radius 1 is 0.875 bits per heavy atom. The minimum atomic E-state index is 0.760. The highest BCUT2D eigenvalue weighted by atomic mass is 16.5. The molecule has 126 valence electrons. The number of nitrogens with zero attached hydrogens (tertiary/aromatic N) is 1. The van der Waals surface area contributed by atoms with Crippen LogP contribution in [0.5, 0.6) is 17.2 Å². The zero-order chi connectivity index (χ0) is 16.9. The fourth-order valence-electron chi connectivity index (χ4n) is 3.06. The van der Waals surface area contributed by atoms with Gasteiger partial charge in [-0.3, -0.25) is 4.99 Å². The van der Waals surface area contributed by atoms with E-state index < -0.39 is 0 Å². The standard InChI is InChI=1S/C20H23NO3/c1-22-16-7-4-14(5-8-16)6-9-18-17-13-20(24-3)19(23-2)12-15(17)10-11-21-18/h4-5,7-8,12-13H,6,9-11H2,1-3H3. The Labute approximate surface area is 143 Å². The van der Waals surface area contributed by atoms with Crippen molar-refractivity contribution < 1.29 is 14.2 Å². The lowest BCUT2D eigenvalue weighted by Gasteiger charge is -2.20. The van der Waals surface area contributed by atoms with Crippen molar-refractivity contribution in [3.63, 3.8) is 0 Å². The lowest BCUT2D eigenvalue weighted by Crippen LogP contribution is -2.14. The first kappa shape index (κ1) is 16.4. The molecule has 4 nitrogen and oxygen atoms in total. The number of aliphatic imine (C=N–C) groups is 1. The van der Waals surface area contributed by atoms with E-state index in [1.54, 1.807) is 21.3 Å². The zero-order valence-electron chi connectivity index (χ0n) is 14.5. The van der Waals surface area contributed by atoms with Gasteiger partial charge in [0.2, 0.25) is 0 Å². The second-order valence-electron chi connectivity index (χ2n) is 5.79. The molecular weight excluding hydrogens is 302 g/mol. The summed E-state index contributed by atoms with van der Waals surface area (Å²) in [7, 11) is 5.03. The van der Waals surface area contributed by atoms with E-state index in [-0.39, 0.29) is 0 Å². The number of methoxy groups -OCH3 is 3. The fraction of sp³-hybridized carbons (Fsp3) is 0.350. The van der Waals surface area contributed by atoms with Gasteiger partial charge in [-0.25, -0.2) is 0 Å². The van der Waals surface area contributed by atoms with Gasteiger partial charge in [-0.2, -0.15) is 0 Å². The Morgan fingerprint density at radius 3 is 2.25 bits per heavy atom. The Morgan fingerprint density at radius 2 is 1.58 bits per heavy atom. The topological polar surface area (TPSA) is 40.0 Å². The molecule has 24 heavy (non-hydrogen) atoms. The molecule has 0 atom stereocenters. The number of fused-ring (bicyclic) bond motifs is 1. The van der Waals surface area contributed by atoms with E-state index in [9.17, 15) is 0 Å². The van der Waals surface area contributed by atoms with Gasteiger partial charge >= 0.3 is 0 Å². The van der Waals surface area contributed by atoms with Crippen LogP contribution < -0.4 is 14.2 Å². The van der Waals surface area contributed by atoms with Crippen LogP contribution in [-0.4, -0.2) is 33.6 Å². The molecule has 0 spiro atoms. The highest BCUT2D eigenvalue weighted by Crippen LogP contribution is 2.33. The third kappa shape index (κ3) is 3.37. The van der Waals surface area contributed by atoms with Crippen LogP contribution in [0.1, 0.15) is 23.1 Å². The molecule has 0 amide bonds. The van der Waals surface area contributed by atoms with E-state index in [2.05, 4.69) is 24.3 Å². The van der Waals surface area contributed by atoms with Gasteiger partial charge in [0.15, 0.2) is 11.5 Å². The van der Waals surface area contributed by atoms with Gasteiger partial charge in [0.05, 0.1) is 21.3 Å². The largest absolute Gasteiger partial charge is 0.497 e. The van der Waals surface area contributed by atoms with Crippen molar-refractivity contribution in [3.8, 4) is 17.2 Å². The van der Waals surface area contributed by atoms with Crippen molar-refractivity contribution in [2.75, 3.05) is 27.9 Å². The molecule has 0 unspecified atom stereocenters. The number of ether oxygens (including phenoxy) is 3. The van der Waals surface area contributed by atoms with Crippen molar-refractivity contribution in [3.05, 3.63) is 53.1 Å². The maximum absolute atomic E-state index is 5.45. The first-order chi connectivity index (χ1) is 11.7. The lowest BCUT2D eigenvalue weighted by atomic mass is 9.93. The molecule has 3 rings (SSSR count). The summed E-state index contributed by atoms with van der Waals surface area (Å²) in [6, 6.07) is 12.4. The zero-order valence-corrected chi connectivity index (χ0v) is 14.5. The SMILES string of the molecule is COc1ccc(CCC2=NCCc3cc(OC)c(OC)cc32)cc1. The van der Waals surface area contributed by atoms with E-state index in [1.807, 2.05) is 12.1 Å². The molecule has 1 aliphatic heterocycles. The van der Waals surface area contributed by atoms with Crippen LogP contribution in [0.15, 0.2) is 41.4 Å². The highest BCUT2D eigenvalue weighted by molar-refractivity contribution is 6.03. The molecule has 0 aromatic heterocycles. The second-order valence-corrected chi connectivity index (χ2v) is 5.79. The van der Waals surface area contributed by atoms with Gasteiger partial charge in [-0.05, 0) is 54.7 Å². The summed E-state index contributed by atoms with van der Waals surface area (Å²) in [6.07, 6.45) is 2.81. The number of hydrogen-bond acceptors (Lipinski definition) is 4. The minimum absolute atomic E-state index is 0.760. The van der Waals surface area contributed by atoms with Crippen molar-refractivity contribution in [1.29, 1.82) is 0 Å². The second kappa shape index (κ2) is 7.39. The Balaban J connectivity index is 1.79. The summed E-state index contributed by atoms with van der Waals surface area (Å²) in [4.78, 5) is 4.75. The quantitative estimate of drug-likeness (QED) is 0.813. The van der Waals surface area contributed by atoms with E-state index >= 15 is 0 Å². The average Bonchev–Trinajstić information content (AvgIpc) is 2.65. The van der Waals surface area contributed by atoms with Crippen LogP contribution in [0.4, 0.5) is 0 Å². The minimum Gasteiger partial charge on any atom is -0.497 e. The van der Waals surface area contributed by atoms with Crippen molar-refractivity contribution in [2.45, 2.75) is 19.3 Å². The number of benzene rings is 2. The van der Waals surface area contributed by atoms with Crippen LogP contribution in [0.3, 0.4) is 0 Å². The predicted molar refractivity (Wildman–Crippen MR) is 96.0 cm³/mol. The number of hydrogen-bond donors (Lipinski definition) is 0. The summed E-state index contributed by atoms with van der Waals surface area (Å²) < 4.78 is 16.1. The van der Waals surface area contributed by atoms with Gasteiger partial charge < -0.3 is 14.2 Å². The molecule has 0 fully saturated rings. The Hall–Kier alpha value is -2.49. The maximum atomic E-state index is 5.45. The predicted octanol–water partition coefficient (Wildman–Crippen LogP) is 3.69. The average molecular weight is 325 g/mol. The third-order valence-electron chi connectivity index (χ3n) is 4.41. The van der Waals surface area contributed by atoms with Crippen molar-refractivity contribution in [1.82, 2.24) is 0 Å². The molecule has 0 bridgehead atoms. The van der Waals surface area contributed by atoms with Crippen LogP contribution in [0.2, 0.25) is 0 Å². The smallest absolute Gasteiger partial charge is 0.161 e. The van der Waals surface area contributed by atoms with Gasteiger partial charge in [0.1, 0.15) is 5.75 Å². The Kier molecular flexibility index (Phi) is 5.04. The van der Waals surface area contributed by atoms with Crippen LogP contribution >= 0.6 is 0 Å². The van der Waals surface area contributed by atoms with Gasteiger partial charge in [0.25, 0.3) is 0 Å². The molecule has 2 aromatic carbocycles. The first-order valence-corrected chi connectivity index (χ1v) is 8.16. The highest BCUT2D eigenvalue weighted by Gasteiger charge is 2.18. The molecule has 2 aromatic rings. The first-order valence-electron chi connectivity index (χ1n) is 8.16. The molecule has 0 saturated heterocycles. The molecule has 4 heteroatoms. The van der Waals surface area contributed by atoms with E-state index in [0.717, 1.165) is 48.8 Å². The molecule has 0 aliphatic carbocycles. The summed E-state index contributed by atoms with van der Waals surface area (Å²) in [5.74, 6) is 2.43. The summed E-state index contributed by atoms with van der Waals surface area (Å²) in [5, 5.41) is 0. The molecule has 0 saturated carbocycles. The van der Waals surface area contributed by atoms with E-state index in [0.29, 0.717) is 0 Å². The van der Waals surface area contributed by atoms with Crippen LogP contribution in [0.25, 0.3) is 0 Å². The van der Waals surface area contributed by atoms with Crippen LogP contribution in [0, 0.1) is 0 Å². The molecular formula is C20H23NO3. The molecule has 0 N–H and O–H groups in total. The normalized spacial score (nSPS) is 13.0. The van der Waals surface area contributed by atoms with Crippen molar-refractivity contribution in [2.24, 2.45) is 4.99 Å². The van der Waals surface area contributed by atoms with Gasteiger partial charge in [0, 0.05) is 17.8 Å². The molecule has 1 aliphatic rings. The molecule has 0 radical (unpaired) electrons. The van der Waals surface area contributed by atoms with Gasteiger partial charge in [-0.1, -0.05) is 12.1 Å². The monoisotopic (exact) mass is 325 g/mol. The van der Waals surface area contributed by atoms with Crippen molar-refractivity contribution >= 4 is 5.71 Å². The third-order valence-corrected chi connectivity index (χ3v) is 4.41. The number of rotatable bonds is 6. The maximum Gasteiger partial charge on any atom is 0.161 e. The Bertz CT molecular complexity index is 735. The van der Waals surface area contributed by atoms with Gasteiger partial charge in [-0.15, -0.1) is 0 Å². The van der Waals surface area contributed by atoms with E-state index in [4.69, 9.17) is 19.2 Å². The summed E-state index contributed by atoms with van der Waals surface area (Å²) in [6.45, 7) is 0.834. The lowest BCUT2D eigenvalue weighted by molar-refractivity contribution is 0.354. The fourth-order valence-corrected chi connectivity index (χ4v) is 3.06.